The predicted molar refractivity (Wildman–Crippen MR) is 64.1 cm³/mol. The van der Waals surface area contributed by atoms with Crippen LogP contribution in [0.4, 0.5) is 0 Å². The van der Waals surface area contributed by atoms with Gasteiger partial charge >= 0.3 is 17.8 Å². The van der Waals surface area contributed by atoms with Crippen molar-refractivity contribution in [3.8, 4) is 0 Å². The average Bonchev–Trinajstić information content (AvgIpc) is 2.35. The lowest BCUT2D eigenvalue weighted by Gasteiger charge is -2.32. The summed E-state index contributed by atoms with van der Waals surface area (Å²) >= 11 is 0. The quantitative estimate of drug-likeness (QED) is 0.578. The molecule has 8 heteroatoms. The second kappa shape index (κ2) is 6.17. The summed E-state index contributed by atoms with van der Waals surface area (Å²) in [4.78, 5) is 47.9. The molecule has 0 aromatic carbocycles. The molecule has 0 aromatic heterocycles. The van der Waals surface area contributed by atoms with Crippen molar-refractivity contribution in [1.29, 1.82) is 0 Å². The molecule has 1 atom stereocenters. The zero-order chi connectivity index (χ0) is 14.6. The summed E-state index contributed by atoms with van der Waals surface area (Å²) in [5.74, 6) is -3.12. The number of carboxylic acid groups (broad SMARTS) is 1. The highest BCUT2D eigenvalue weighted by Crippen LogP contribution is 2.04. The maximum Gasteiger partial charge on any atom is 0.325 e. The van der Waals surface area contributed by atoms with E-state index in [-0.39, 0.29) is 13.1 Å². The molecule has 0 aromatic rings. The van der Waals surface area contributed by atoms with Gasteiger partial charge in [-0.2, -0.15) is 0 Å². The molecule has 0 spiro atoms. The monoisotopic (exact) mass is 271 g/mol. The van der Waals surface area contributed by atoms with E-state index in [4.69, 9.17) is 5.11 Å². The van der Waals surface area contributed by atoms with Crippen molar-refractivity contribution < 1.29 is 24.3 Å². The van der Waals surface area contributed by atoms with Gasteiger partial charge < -0.3 is 20.2 Å². The van der Waals surface area contributed by atoms with E-state index in [9.17, 15) is 19.2 Å². The molecule has 3 amide bonds. The Morgan fingerprint density at radius 2 is 1.79 bits per heavy atom. The Balaban J connectivity index is 2.54. The van der Waals surface area contributed by atoms with Crippen LogP contribution in [0.3, 0.4) is 0 Å². The minimum atomic E-state index is -1.16. The third kappa shape index (κ3) is 3.67. The summed E-state index contributed by atoms with van der Waals surface area (Å²) in [7, 11) is 0. The Bertz CT molecular complexity index is 409. The lowest BCUT2D eigenvalue weighted by Crippen LogP contribution is -2.56. The van der Waals surface area contributed by atoms with Gasteiger partial charge in [0.15, 0.2) is 0 Å². The molecular weight excluding hydrogens is 254 g/mol. The number of carbonyl (C=O) groups is 4. The van der Waals surface area contributed by atoms with Crippen LogP contribution in [-0.4, -0.2) is 70.8 Å². The van der Waals surface area contributed by atoms with Crippen molar-refractivity contribution in [2.24, 2.45) is 0 Å². The van der Waals surface area contributed by atoms with Gasteiger partial charge in [-0.15, -0.1) is 0 Å². The molecule has 106 valence electrons. The lowest BCUT2D eigenvalue weighted by molar-refractivity contribution is -0.156. The molecule has 0 radical (unpaired) electrons. The summed E-state index contributed by atoms with van der Waals surface area (Å²) in [5, 5.41) is 10.9. The largest absolute Gasteiger partial charge is 0.480 e. The number of aliphatic carboxylic acids is 1. The minimum Gasteiger partial charge on any atom is -0.480 e. The number of nitrogens with one attached hydrogen (secondary N) is 1. The SMILES string of the molecule is CCN1CCN(CC(=O)N[C@H](C)C(=O)O)C(=O)C1=O. The molecule has 1 saturated heterocycles. The first kappa shape index (κ1) is 14.9. The second-order valence-corrected chi connectivity index (χ2v) is 4.24. The van der Waals surface area contributed by atoms with Crippen molar-refractivity contribution >= 4 is 23.7 Å². The second-order valence-electron chi connectivity index (χ2n) is 4.24. The Morgan fingerprint density at radius 1 is 1.26 bits per heavy atom. The summed E-state index contributed by atoms with van der Waals surface area (Å²) < 4.78 is 0. The molecule has 1 aliphatic rings. The molecule has 19 heavy (non-hydrogen) atoms. The van der Waals surface area contributed by atoms with E-state index in [0.717, 1.165) is 4.90 Å². The number of likely N-dealkylation sites (N-methyl/N-ethyl adjacent to an activating group) is 1. The van der Waals surface area contributed by atoms with Crippen molar-refractivity contribution in [3.63, 3.8) is 0 Å². The smallest absolute Gasteiger partial charge is 0.325 e. The Hall–Kier alpha value is -2.12. The Kier molecular flexibility index (Phi) is 4.85. The van der Waals surface area contributed by atoms with Crippen molar-refractivity contribution in [1.82, 2.24) is 15.1 Å². The molecule has 1 aliphatic heterocycles. The highest BCUT2D eigenvalue weighted by Gasteiger charge is 2.32. The van der Waals surface area contributed by atoms with Gasteiger partial charge in [-0.1, -0.05) is 0 Å². The highest BCUT2D eigenvalue weighted by atomic mass is 16.4. The van der Waals surface area contributed by atoms with Crippen LogP contribution in [0, 0.1) is 0 Å². The Labute approximate surface area is 110 Å². The molecule has 0 aliphatic carbocycles. The number of piperazine rings is 1. The summed E-state index contributed by atoms with van der Waals surface area (Å²) in [6.45, 7) is 3.88. The van der Waals surface area contributed by atoms with Crippen LogP contribution in [-0.2, 0) is 19.2 Å². The van der Waals surface area contributed by atoms with E-state index in [1.54, 1.807) is 6.92 Å². The molecule has 1 fully saturated rings. The first-order valence-corrected chi connectivity index (χ1v) is 5.97. The van der Waals surface area contributed by atoms with E-state index in [0.29, 0.717) is 13.1 Å². The third-order valence-electron chi connectivity index (χ3n) is 2.86. The van der Waals surface area contributed by atoms with Crippen LogP contribution in [0.1, 0.15) is 13.8 Å². The van der Waals surface area contributed by atoms with Crippen molar-refractivity contribution in [2.75, 3.05) is 26.2 Å². The fourth-order valence-corrected chi connectivity index (χ4v) is 1.69. The first-order chi connectivity index (χ1) is 8.86. The normalized spacial score (nSPS) is 17.4. The molecule has 1 heterocycles. The molecular formula is C11H17N3O5. The van der Waals surface area contributed by atoms with Gasteiger partial charge in [-0.25, -0.2) is 0 Å². The summed E-state index contributed by atoms with van der Waals surface area (Å²) in [6, 6.07) is -1.03. The fourth-order valence-electron chi connectivity index (χ4n) is 1.69. The zero-order valence-corrected chi connectivity index (χ0v) is 10.9. The third-order valence-corrected chi connectivity index (χ3v) is 2.86. The number of hydrogen-bond donors (Lipinski definition) is 2. The van der Waals surface area contributed by atoms with E-state index < -0.39 is 29.7 Å². The number of amides is 3. The van der Waals surface area contributed by atoms with Gasteiger partial charge in [-0.3, -0.25) is 19.2 Å². The van der Waals surface area contributed by atoms with Crippen molar-refractivity contribution in [3.05, 3.63) is 0 Å². The van der Waals surface area contributed by atoms with Crippen molar-refractivity contribution in [2.45, 2.75) is 19.9 Å². The van der Waals surface area contributed by atoms with Gasteiger partial charge in [0.2, 0.25) is 5.91 Å². The first-order valence-electron chi connectivity index (χ1n) is 5.97. The number of carboxylic acids is 1. The molecule has 1 rings (SSSR count). The number of nitrogens with zero attached hydrogens (tertiary/aromatic N) is 2. The van der Waals surface area contributed by atoms with E-state index in [1.807, 2.05) is 0 Å². The average molecular weight is 271 g/mol. The van der Waals surface area contributed by atoms with Crippen LogP contribution in [0.5, 0.6) is 0 Å². The number of hydrogen-bond acceptors (Lipinski definition) is 4. The van der Waals surface area contributed by atoms with Crippen LogP contribution in [0.25, 0.3) is 0 Å². The van der Waals surface area contributed by atoms with Gasteiger partial charge in [0.25, 0.3) is 0 Å². The Morgan fingerprint density at radius 3 is 2.32 bits per heavy atom. The molecule has 8 nitrogen and oxygen atoms in total. The maximum atomic E-state index is 11.7. The van der Waals surface area contributed by atoms with Gasteiger partial charge in [-0.05, 0) is 13.8 Å². The van der Waals surface area contributed by atoms with Gasteiger partial charge in [0.1, 0.15) is 12.6 Å². The van der Waals surface area contributed by atoms with Gasteiger partial charge in [0.05, 0.1) is 0 Å². The number of carbonyl (C=O) groups excluding carboxylic acids is 3. The zero-order valence-electron chi connectivity index (χ0n) is 10.9. The molecule has 0 bridgehead atoms. The minimum absolute atomic E-state index is 0.271. The van der Waals surface area contributed by atoms with E-state index in [2.05, 4.69) is 5.32 Å². The standard InChI is InChI=1S/C11H17N3O5/c1-3-13-4-5-14(10(17)9(13)16)6-8(15)12-7(2)11(18)19/h7H,3-6H2,1-2H3,(H,12,15)(H,18,19)/t7-/m1/s1. The van der Waals surface area contributed by atoms with E-state index in [1.165, 1.54) is 11.8 Å². The summed E-state index contributed by atoms with van der Waals surface area (Å²) in [5.41, 5.74) is 0. The maximum absolute atomic E-state index is 11.7. The molecule has 0 saturated carbocycles. The molecule has 2 N–H and O–H groups in total. The number of rotatable bonds is 5. The van der Waals surface area contributed by atoms with Gasteiger partial charge in [0, 0.05) is 19.6 Å². The molecule has 0 unspecified atom stereocenters. The van der Waals surface area contributed by atoms with E-state index >= 15 is 0 Å². The van der Waals surface area contributed by atoms with Crippen LogP contribution >= 0.6 is 0 Å². The fraction of sp³-hybridized carbons (Fsp3) is 0.636. The van der Waals surface area contributed by atoms with Crippen LogP contribution in [0.2, 0.25) is 0 Å². The summed E-state index contributed by atoms with van der Waals surface area (Å²) in [6.07, 6.45) is 0. The highest BCUT2D eigenvalue weighted by molar-refractivity contribution is 6.35. The topological polar surface area (TPSA) is 107 Å². The van der Waals surface area contributed by atoms with Crippen LogP contribution in [0.15, 0.2) is 0 Å². The predicted octanol–water partition coefficient (Wildman–Crippen LogP) is -1.73. The van der Waals surface area contributed by atoms with Crippen LogP contribution < -0.4 is 5.32 Å². The lowest BCUT2D eigenvalue weighted by atomic mass is 10.2.